The van der Waals surface area contributed by atoms with Gasteiger partial charge in [0, 0.05) is 5.56 Å². The molecule has 1 amide bonds. The van der Waals surface area contributed by atoms with Crippen LogP contribution in [0.25, 0.3) is 0 Å². The smallest absolute Gasteiger partial charge is 0.263 e. The van der Waals surface area contributed by atoms with Crippen molar-refractivity contribution in [2.45, 2.75) is 4.90 Å². The van der Waals surface area contributed by atoms with Crippen molar-refractivity contribution in [2.24, 2.45) is 0 Å². The number of sulfonamides is 1. The zero-order valence-corrected chi connectivity index (χ0v) is 16.7. The minimum atomic E-state index is -4.13. The van der Waals surface area contributed by atoms with Gasteiger partial charge in [-0.2, -0.15) is 0 Å². The Hall–Kier alpha value is -3.10. The summed E-state index contributed by atoms with van der Waals surface area (Å²) in [6.45, 7) is 0. The van der Waals surface area contributed by atoms with Gasteiger partial charge < -0.3 is 10.1 Å². The molecule has 0 heterocycles. The van der Waals surface area contributed by atoms with Crippen molar-refractivity contribution in [1.82, 2.24) is 0 Å². The fourth-order valence-corrected chi connectivity index (χ4v) is 4.13. The minimum absolute atomic E-state index is 0.00180. The van der Waals surface area contributed by atoms with E-state index in [1.165, 1.54) is 43.5 Å². The maximum atomic E-state index is 13.8. The average molecular weight is 435 g/mol. The normalized spacial score (nSPS) is 11.0. The summed E-state index contributed by atoms with van der Waals surface area (Å²) in [6.07, 6.45) is 0. The number of para-hydroxylation sites is 3. The van der Waals surface area contributed by atoms with Gasteiger partial charge in [0.15, 0.2) is 0 Å². The minimum Gasteiger partial charge on any atom is -0.495 e. The molecule has 0 fully saturated rings. The predicted molar refractivity (Wildman–Crippen MR) is 110 cm³/mol. The Morgan fingerprint density at radius 1 is 1.00 bits per heavy atom. The lowest BCUT2D eigenvalue weighted by Gasteiger charge is -2.13. The standard InChI is InChI=1S/C20H16ClFN2O4S/c1-28-18-9-5-4-8-17(18)24-29(26,27)19-12-13(10-11-14(19)21)20(25)23-16-7-3-2-6-15(16)22/h2-12,24H,1H3,(H,23,25). The van der Waals surface area contributed by atoms with Gasteiger partial charge in [-0.3, -0.25) is 9.52 Å². The van der Waals surface area contributed by atoms with E-state index in [9.17, 15) is 17.6 Å². The van der Waals surface area contributed by atoms with E-state index in [4.69, 9.17) is 16.3 Å². The lowest BCUT2D eigenvalue weighted by Crippen LogP contribution is -2.17. The molecule has 0 unspecified atom stereocenters. The summed E-state index contributed by atoms with van der Waals surface area (Å²) < 4.78 is 47.0. The number of hydrogen-bond acceptors (Lipinski definition) is 4. The Labute approximate surface area is 172 Å². The van der Waals surface area contributed by atoms with E-state index in [1.54, 1.807) is 24.3 Å². The van der Waals surface area contributed by atoms with Crippen LogP contribution in [-0.4, -0.2) is 21.4 Å². The summed E-state index contributed by atoms with van der Waals surface area (Å²) in [6, 6.07) is 15.9. The van der Waals surface area contributed by atoms with Crippen LogP contribution in [0.1, 0.15) is 10.4 Å². The summed E-state index contributed by atoms with van der Waals surface area (Å²) in [7, 11) is -2.72. The zero-order valence-electron chi connectivity index (χ0n) is 15.1. The third kappa shape index (κ3) is 4.67. The first-order valence-electron chi connectivity index (χ1n) is 8.33. The molecular formula is C20H16ClFN2O4S. The highest BCUT2D eigenvalue weighted by atomic mass is 35.5. The van der Waals surface area contributed by atoms with Gasteiger partial charge in [0.05, 0.1) is 23.5 Å². The SMILES string of the molecule is COc1ccccc1NS(=O)(=O)c1cc(C(=O)Nc2ccccc2F)ccc1Cl. The summed E-state index contributed by atoms with van der Waals surface area (Å²) in [4.78, 5) is 12.2. The molecular weight excluding hydrogens is 419 g/mol. The molecule has 29 heavy (non-hydrogen) atoms. The molecule has 0 aromatic heterocycles. The second kappa shape index (κ2) is 8.50. The van der Waals surface area contributed by atoms with Gasteiger partial charge in [0.2, 0.25) is 0 Å². The molecule has 3 aromatic carbocycles. The zero-order chi connectivity index (χ0) is 21.0. The van der Waals surface area contributed by atoms with Gasteiger partial charge in [-0.1, -0.05) is 35.9 Å². The number of halogens is 2. The van der Waals surface area contributed by atoms with Crippen LogP contribution in [-0.2, 0) is 10.0 Å². The number of amides is 1. The van der Waals surface area contributed by atoms with Gasteiger partial charge in [-0.05, 0) is 42.5 Å². The van der Waals surface area contributed by atoms with Crippen LogP contribution in [0.15, 0.2) is 71.6 Å². The Balaban J connectivity index is 1.92. The van der Waals surface area contributed by atoms with Crippen molar-refractivity contribution in [3.05, 3.63) is 83.1 Å². The van der Waals surface area contributed by atoms with E-state index < -0.39 is 21.7 Å². The molecule has 9 heteroatoms. The van der Waals surface area contributed by atoms with Crippen LogP contribution in [0, 0.1) is 5.82 Å². The van der Waals surface area contributed by atoms with E-state index in [-0.39, 0.29) is 26.9 Å². The monoisotopic (exact) mass is 434 g/mol. The number of rotatable bonds is 6. The molecule has 3 rings (SSSR count). The number of benzene rings is 3. The van der Waals surface area contributed by atoms with Gasteiger partial charge in [0.1, 0.15) is 16.5 Å². The topological polar surface area (TPSA) is 84.5 Å². The van der Waals surface area contributed by atoms with Gasteiger partial charge in [-0.25, -0.2) is 12.8 Å². The van der Waals surface area contributed by atoms with Crippen LogP contribution in [0.5, 0.6) is 5.75 Å². The number of hydrogen-bond donors (Lipinski definition) is 2. The predicted octanol–water partition coefficient (Wildman–Crippen LogP) is 4.54. The Morgan fingerprint density at radius 3 is 2.34 bits per heavy atom. The lowest BCUT2D eigenvalue weighted by atomic mass is 10.2. The molecule has 3 aromatic rings. The number of ether oxygens (including phenoxy) is 1. The van der Waals surface area contributed by atoms with Gasteiger partial charge in [0.25, 0.3) is 15.9 Å². The second-order valence-electron chi connectivity index (χ2n) is 5.88. The number of methoxy groups -OCH3 is 1. The van der Waals surface area contributed by atoms with Crippen LogP contribution >= 0.6 is 11.6 Å². The van der Waals surface area contributed by atoms with E-state index >= 15 is 0 Å². The molecule has 0 spiro atoms. The number of anilines is 2. The summed E-state index contributed by atoms with van der Waals surface area (Å²) in [5.41, 5.74) is 0.189. The fraction of sp³-hybridized carbons (Fsp3) is 0.0500. The fourth-order valence-electron chi connectivity index (χ4n) is 2.54. The van der Waals surface area contributed by atoms with Crippen molar-refractivity contribution in [3.63, 3.8) is 0 Å². The number of nitrogens with one attached hydrogen (secondary N) is 2. The molecule has 0 radical (unpaired) electrons. The highest BCUT2D eigenvalue weighted by Crippen LogP contribution is 2.29. The Bertz CT molecular complexity index is 1170. The molecule has 0 saturated carbocycles. The molecule has 2 N–H and O–H groups in total. The molecule has 0 aliphatic rings. The van der Waals surface area contributed by atoms with Crippen molar-refractivity contribution < 1.29 is 22.3 Å². The Morgan fingerprint density at radius 2 is 1.66 bits per heavy atom. The van der Waals surface area contributed by atoms with Crippen LogP contribution in [0.4, 0.5) is 15.8 Å². The van der Waals surface area contributed by atoms with Gasteiger partial charge >= 0.3 is 0 Å². The summed E-state index contributed by atoms with van der Waals surface area (Å²) in [5, 5.41) is 2.33. The van der Waals surface area contributed by atoms with Gasteiger partial charge in [-0.15, -0.1) is 0 Å². The third-order valence-electron chi connectivity index (χ3n) is 3.96. The summed E-state index contributed by atoms with van der Waals surface area (Å²) >= 11 is 6.07. The molecule has 0 saturated heterocycles. The third-order valence-corrected chi connectivity index (χ3v) is 5.80. The first-order valence-corrected chi connectivity index (χ1v) is 10.2. The largest absolute Gasteiger partial charge is 0.495 e. The van der Waals surface area contributed by atoms with E-state index in [1.807, 2.05) is 0 Å². The van der Waals surface area contributed by atoms with Crippen LogP contribution < -0.4 is 14.8 Å². The average Bonchev–Trinajstić information content (AvgIpc) is 2.70. The molecule has 0 bridgehead atoms. The van der Waals surface area contributed by atoms with Crippen molar-refractivity contribution in [1.29, 1.82) is 0 Å². The Kier molecular flexibility index (Phi) is 6.05. The van der Waals surface area contributed by atoms with Crippen molar-refractivity contribution >= 4 is 38.9 Å². The van der Waals surface area contributed by atoms with Crippen molar-refractivity contribution in [3.8, 4) is 5.75 Å². The van der Waals surface area contributed by atoms with Crippen LogP contribution in [0.2, 0.25) is 5.02 Å². The van der Waals surface area contributed by atoms with Crippen LogP contribution in [0.3, 0.4) is 0 Å². The second-order valence-corrected chi connectivity index (χ2v) is 7.94. The molecule has 150 valence electrons. The molecule has 0 atom stereocenters. The highest BCUT2D eigenvalue weighted by Gasteiger charge is 2.22. The first kappa shape index (κ1) is 20.6. The van der Waals surface area contributed by atoms with E-state index in [2.05, 4.69) is 10.0 Å². The number of carbonyl (C=O) groups excluding carboxylic acids is 1. The molecule has 0 aliphatic heterocycles. The number of carbonyl (C=O) groups is 1. The quantitative estimate of drug-likeness (QED) is 0.596. The first-order chi connectivity index (χ1) is 13.8. The maximum Gasteiger partial charge on any atom is 0.263 e. The molecule has 0 aliphatic carbocycles. The van der Waals surface area contributed by atoms with E-state index in [0.29, 0.717) is 5.75 Å². The summed E-state index contributed by atoms with van der Waals surface area (Å²) in [5.74, 6) is -0.971. The van der Waals surface area contributed by atoms with E-state index in [0.717, 1.165) is 6.07 Å². The highest BCUT2D eigenvalue weighted by molar-refractivity contribution is 7.92. The maximum absolute atomic E-state index is 13.8. The lowest BCUT2D eigenvalue weighted by molar-refractivity contribution is 0.102. The van der Waals surface area contributed by atoms with Crippen molar-refractivity contribution in [2.75, 3.05) is 17.1 Å². The molecule has 6 nitrogen and oxygen atoms in total.